The standard InChI is InChI=1S/C22H23N7O2S/c1-4-29-21(23-13-25-29)22-26-20-16-6-5-14(9-17(16)31-8-7-18(20)32-22)15-10-24-28(11-15)12-19(30)27(2)3/h5-6,9-11,13H,4,7-8,12H2,1-3H3. The zero-order valence-electron chi connectivity index (χ0n) is 18.1. The number of hydrogen-bond donors (Lipinski definition) is 0. The number of carbonyl (C=O) groups excluding carboxylic acids is 1. The maximum absolute atomic E-state index is 12.0. The predicted octanol–water partition coefficient (Wildman–Crippen LogP) is 2.98. The Morgan fingerprint density at radius 2 is 2.12 bits per heavy atom. The Morgan fingerprint density at radius 3 is 2.94 bits per heavy atom. The number of nitrogens with zero attached hydrogens (tertiary/aromatic N) is 7. The highest BCUT2D eigenvalue weighted by Crippen LogP contribution is 2.41. The molecule has 0 atom stereocenters. The van der Waals surface area contributed by atoms with Crippen LogP contribution in [0.25, 0.3) is 33.2 Å². The maximum atomic E-state index is 12.0. The summed E-state index contributed by atoms with van der Waals surface area (Å²) in [4.78, 5) is 24.0. The Labute approximate surface area is 189 Å². The van der Waals surface area contributed by atoms with E-state index in [1.807, 2.05) is 36.0 Å². The van der Waals surface area contributed by atoms with Crippen molar-refractivity contribution < 1.29 is 9.53 Å². The largest absolute Gasteiger partial charge is 0.492 e. The molecular formula is C22H23N7O2S. The van der Waals surface area contributed by atoms with E-state index >= 15 is 0 Å². The zero-order chi connectivity index (χ0) is 22.2. The Kier molecular flexibility index (Phi) is 5.22. The van der Waals surface area contributed by atoms with Crippen molar-refractivity contribution in [1.29, 1.82) is 0 Å². The molecule has 1 aromatic carbocycles. The molecule has 1 amide bonds. The van der Waals surface area contributed by atoms with Crippen molar-refractivity contribution in [1.82, 2.24) is 34.4 Å². The second-order valence-corrected chi connectivity index (χ2v) is 8.80. The molecule has 3 aromatic heterocycles. The summed E-state index contributed by atoms with van der Waals surface area (Å²) < 4.78 is 9.59. The molecule has 4 heterocycles. The normalized spacial score (nSPS) is 12.6. The van der Waals surface area contributed by atoms with E-state index in [9.17, 15) is 4.79 Å². The van der Waals surface area contributed by atoms with Gasteiger partial charge in [-0.2, -0.15) is 10.2 Å². The average molecular weight is 450 g/mol. The molecule has 4 aromatic rings. The van der Waals surface area contributed by atoms with Crippen molar-refractivity contribution in [2.75, 3.05) is 20.7 Å². The second-order valence-electron chi connectivity index (χ2n) is 7.71. The molecule has 0 radical (unpaired) electrons. The van der Waals surface area contributed by atoms with Gasteiger partial charge < -0.3 is 9.64 Å². The van der Waals surface area contributed by atoms with Gasteiger partial charge in [0, 0.05) is 49.3 Å². The summed E-state index contributed by atoms with van der Waals surface area (Å²) in [5.74, 6) is 1.59. The number of ether oxygens (including phenoxy) is 1. The lowest BCUT2D eigenvalue weighted by molar-refractivity contribution is -0.129. The first-order valence-electron chi connectivity index (χ1n) is 10.4. The highest BCUT2D eigenvalue weighted by Gasteiger charge is 2.23. The summed E-state index contributed by atoms with van der Waals surface area (Å²) in [5.41, 5.74) is 3.84. The van der Waals surface area contributed by atoms with Crippen molar-refractivity contribution in [3.8, 4) is 39.0 Å². The first-order valence-corrected chi connectivity index (χ1v) is 11.2. The number of fused-ring (bicyclic) bond motifs is 3. The fraction of sp³-hybridized carbons (Fsp3) is 0.318. The zero-order valence-corrected chi connectivity index (χ0v) is 19.0. The van der Waals surface area contributed by atoms with Crippen molar-refractivity contribution in [3.63, 3.8) is 0 Å². The van der Waals surface area contributed by atoms with Crippen LogP contribution in [0.4, 0.5) is 0 Å². The number of amides is 1. The summed E-state index contributed by atoms with van der Waals surface area (Å²) >= 11 is 1.65. The number of aromatic nitrogens is 6. The fourth-order valence-corrected chi connectivity index (χ4v) is 4.70. The van der Waals surface area contributed by atoms with E-state index < -0.39 is 0 Å². The van der Waals surface area contributed by atoms with Crippen LogP contribution in [0.3, 0.4) is 0 Å². The van der Waals surface area contributed by atoms with Gasteiger partial charge >= 0.3 is 0 Å². The predicted molar refractivity (Wildman–Crippen MR) is 121 cm³/mol. The first-order chi connectivity index (χ1) is 15.5. The van der Waals surface area contributed by atoms with Crippen LogP contribution in [0.1, 0.15) is 11.8 Å². The van der Waals surface area contributed by atoms with Crippen LogP contribution in [0.2, 0.25) is 0 Å². The van der Waals surface area contributed by atoms with Gasteiger partial charge in [0.2, 0.25) is 5.91 Å². The summed E-state index contributed by atoms with van der Waals surface area (Å²) in [6, 6.07) is 6.11. The van der Waals surface area contributed by atoms with E-state index in [1.54, 1.807) is 47.5 Å². The maximum Gasteiger partial charge on any atom is 0.243 e. The van der Waals surface area contributed by atoms with Crippen LogP contribution in [0.5, 0.6) is 5.75 Å². The molecule has 0 spiro atoms. The number of aryl methyl sites for hydroxylation is 1. The van der Waals surface area contributed by atoms with Crippen LogP contribution in [0.15, 0.2) is 36.9 Å². The summed E-state index contributed by atoms with van der Waals surface area (Å²) in [7, 11) is 3.47. The molecule has 0 unspecified atom stereocenters. The van der Waals surface area contributed by atoms with Gasteiger partial charge in [-0.3, -0.25) is 9.48 Å². The molecule has 0 fully saturated rings. The lowest BCUT2D eigenvalue weighted by atomic mass is 10.0. The van der Waals surface area contributed by atoms with E-state index in [0.717, 1.165) is 51.9 Å². The molecule has 0 saturated carbocycles. The lowest BCUT2D eigenvalue weighted by Gasteiger charge is -2.10. The minimum atomic E-state index is -0.00400. The third-order valence-corrected chi connectivity index (χ3v) is 6.50. The molecule has 9 nitrogen and oxygen atoms in total. The minimum absolute atomic E-state index is 0.00400. The Morgan fingerprint density at radius 1 is 1.25 bits per heavy atom. The van der Waals surface area contributed by atoms with E-state index in [4.69, 9.17) is 9.72 Å². The number of likely N-dealkylation sites (N-methyl/N-ethyl adjacent to an activating group) is 1. The van der Waals surface area contributed by atoms with Crippen molar-refractivity contribution in [2.45, 2.75) is 26.4 Å². The molecule has 1 aliphatic rings. The quantitative estimate of drug-likeness (QED) is 0.465. The second kappa shape index (κ2) is 8.19. The van der Waals surface area contributed by atoms with Gasteiger partial charge in [-0.15, -0.1) is 11.3 Å². The Balaban J connectivity index is 1.47. The highest BCUT2D eigenvalue weighted by molar-refractivity contribution is 7.15. The SMILES string of the molecule is CCn1ncnc1-c1nc2c(s1)CCOc1cc(-c3cnn(CC(=O)N(C)C)c3)ccc1-2. The highest BCUT2D eigenvalue weighted by atomic mass is 32.1. The smallest absolute Gasteiger partial charge is 0.243 e. The van der Waals surface area contributed by atoms with Crippen LogP contribution in [-0.4, -0.2) is 61.0 Å². The Hall–Kier alpha value is -3.53. The third kappa shape index (κ3) is 3.66. The fourth-order valence-electron chi connectivity index (χ4n) is 3.64. The van der Waals surface area contributed by atoms with Gasteiger partial charge in [-0.05, 0) is 24.6 Å². The minimum Gasteiger partial charge on any atom is -0.492 e. The van der Waals surface area contributed by atoms with Gasteiger partial charge in [0.15, 0.2) is 10.8 Å². The number of benzene rings is 1. The topological polar surface area (TPSA) is 91.0 Å². The van der Waals surface area contributed by atoms with E-state index in [1.165, 1.54) is 4.88 Å². The molecule has 0 bridgehead atoms. The number of hydrogen-bond acceptors (Lipinski definition) is 7. The van der Waals surface area contributed by atoms with Crippen LogP contribution < -0.4 is 4.74 Å². The monoisotopic (exact) mass is 449 g/mol. The molecule has 0 saturated heterocycles. The molecule has 0 N–H and O–H groups in total. The van der Waals surface area contributed by atoms with E-state index in [0.29, 0.717) is 6.61 Å². The van der Waals surface area contributed by atoms with Gasteiger partial charge in [-0.1, -0.05) is 6.07 Å². The molecule has 0 aliphatic carbocycles. The van der Waals surface area contributed by atoms with Crippen LogP contribution in [0, 0.1) is 0 Å². The summed E-state index contributed by atoms with van der Waals surface area (Å²) in [5, 5.41) is 9.48. The molecule has 32 heavy (non-hydrogen) atoms. The van der Waals surface area contributed by atoms with Crippen molar-refractivity contribution in [2.24, 2.45) is 0 Å². The van der Waals surface area contributed by atoms with Crippen LogP contribution >= 0.6 is 11.3 Å². The Bertz CT molecular complexity index is 1290. The number of carbonyl (C=O) groups is 1. The molecular weight excluding hydrogens is 426 g/mol. The van der Waals surface area contributed by atoms with Gasteiger partial charge in [0.25, 0.3) is 0 Å². The first kappa shape index (κ1) is 20.4. The molecule has 164 valence electrons. The number of rotatable bonds is 5. The molecule has 10 heteroatoms. The summed E-state index contributed by atoms with van der Waals surface area (Å²) in [6.07, 6.45) is 6.01. The van der Waals surface area contributed by atoms with Gasteiger partial charge in [0.1, 0.15) is 18.6 Å². The molecule has 5 rings (SSSR count). The van der Waals surface area contributed by atoms with Gasteiger partial charge in [-0.25, -0.2) is 14.6 Å². The summed E-state index contributed by atoms with van der Waals surface area (Å²) in [6.45, 7) is 3.58. The third-order valence-electron chi connectivity index (χ3n) is 5.39. The van der Waals surface area contributed by atoms with Crippen molar-refractivity contribution in [3.05, 3.63) is 41.8 Å². The van der Waals surface area contributed by atoms with Crippen LogP contribution in [-0.2, 0) is 24.3 Å². The molecule has 1 aliphatic heterocycles. The average Bonchev–Trinajstić information content (AvgIpc) is 3.51. The van der Waals surface area contributed by atoms with E-state index in [-0.39, 0.29) is 12.5 Å². The number of thiazole rings is 1. The lowest BCUT2D eigenvalue weighted by Crippen LogP contribution is -2.26. The van der Waals surface area contributed by atoms with E-state index in [2.05, 4.69) is 15.2 Å². The van der Waals surface area contributed by atoms with Gasteiger partial charge in [0.05, 0.1) is 18.5 Å². The van der Waals surface area contributed by atoms with Crippen molar-refractivity contribution >= 4 is 17.2 Å².